The van der Waals surface area contributed by atoms with Crippen LogP contribution in [0.5, 0.6) is 0 Å². The fraction of sp³-hybridized carbons (Fsp3) is 0.667. The van der Waals surface area contributed by atoms with Gasteiger partial charge in [0.2, 0.25) is 0 Å². The number of amides is 1. The van der Waals surface area contributed by atoms with Crippen molar-refractivity contribution in [1.82, 2.24) is 14.4 Å². The molecule has 0 saturated carbocycles. The predicted molar refractivity (Wildman–Crippen MR) is 83.2 cm³/mol. The van der Waals surface area contributed by atoms with Gasteiger partial charge in [-0.05, 0) is 40.4 Å². The smallest absolute Gasteiger partial charge is 0.270 e. The van der Waals surface area contributed by atoms with E-state index in [0.717, 1.165) is 6.54 Å². The molecule has 0 aliphatic carbocycles. The summed E-state index contributed by atoms with van der Waals surface area (Å²) in [6.45, 7) is 5.18. The number of aromatic nitrogens is 1. The minimum atomic E-state index is -0.446. The van der Waals surface area contributed by atoms with Gasteiger partial charge in [-0.15, -0.1) is 0 Å². The maximum absolute atomic E-state index is 12.8. The van der Waals surface area contributed by atoms with Crippen molar-refractivity contribution >= 4 is 11.6 Å². The van der Waals surface area contributed by atoms with Gasteiger partial charge in [-0.25, -0.2) is 0 Å². The van der Waals surface area contributed by atoms with Crippen molar-refractivity contribution in [2.75, 3.05) is 32.9 Å². The van der Waals surface area contributed by atoms with Gasteiger partial charge in [-0.1, -0.05) is 0 Å². The zero-order valence-corrected chi connectivity index (χ0v) is 13.3. The van der Waals surface area contributed by atoms with Crippen LogP contribution in [0.2, 0.25) is 0 Å². The Kier molecular flexibility index (Phi) is 4.58. The number of carbonyl (C=O) groups is 1. The molecule has 1 fully saturated rings. The zero-order valence-electron chi connectivity index (χ0n) is 13.3. The third-order valence-electron chi connectivity index (χ3n) is 3.87. The Morgan fingerprint density at radius 1 is 1.52 bits per heavy atom. The molecule has 2 atom stereocenters. The third-order valence-corrected chi connectivity index (χ3v) is 3.87. The molecule has 0 bridgehead atoms. The zero-order chi connectivity index (χ0) is 15.7. The van der Waals surface area contributed by atoms with Gasteiger partial charge in [0.15, 0.2) is 0 Å². The molecule has 1 saturated heterocycles. The highest BCUT2D eigenvalue weighted by molar-refractivity contribution is 5.94. The van der Waals surface area contributed by atoms with E-state index in [9.17, 15) is 9.90 Å². The highest BCUT2D eigenvalue weighted by Crippen LogP contribution is 2.24. The van der Waals surface area contributed by atoms with Crippen LogP contribution in [0.25, 0.3) is 0 Å². The number of likely N-dealkylation sites (N-methyl/N-ethyl adjacent to an activating group) is 1. The summed E-state index contributed by atoms with van der Waals surface area (Å²) in [5.74, 6) is -0.0520. The Bertz CT molecular complexity index is 510. The minimum Gasteiger partial charge on any atom is -0.397 e. The van der Waals surface area contributed by atoms with E-state index in [1.165, 1.54) is 0 Å². The summed E-state index contributed by atoms with van der Waals surface area (Å²) in [6.07, 6.45) is 1.98. The summed E-state index contributed by atoms with van der Waals surface area (Å²) >= 11 is 0. The average Bonchev–Trinajstić information content (AvgIpc) is 2.91. The highest BCUT2D eigenvalue weighted by atomic mass is 16.3. The number of nitrogen functional groups attached to an aromatic ring is 1. The Hall–Kier alpha value is -1.53. The molecule has 1 aromatic rings. The standard InChI is InChI=1S/C15H26N4O2/c1-10(2)18-7-11(16)5-14(18)15(21)19-9-13(20)6-12(19)8-17(3)4/h5,7,10,12-13,20H,6,8-9,16H2,1-4H3. The average molecular weight is 294 g/mol. The van der Waals surface area contributed by atoms with Crippen LogP contribution in [-0.2, 0) is 0 Å². The van der Waals surface area contributed by atoms with Gasteiger partial charge in [-0.3, -0.25) is 4.79 Å². The van der Waals surface area contributed by atoms with E-state index in [1.807, 2.05) is 37.4 Å². The van der Waals surface area contributed by atoms with Crippen LogP contribution >= 0.6 is 0 Å². The number of aliphatic hydroxyl groups is 1. The summed E-state index contributed by atoms with van der Waals surface area (Å²) in [4.78, 5) is 16.7. The van der Waals surface area contributed by atoms with Crippen molar-refractivity contribution in [3.05, 3.63) is 18.0 Å². The van der Waals surface area contributed by atoms with Crippen molar-refractivity contribution in [3.63, 3.8) is 0 Å². The van der Waals surface area contributed by atoms with E-state index < -0.39 is 6.10 Å². The first kappa shape index (κ1) is 15.9. The van der Waals surface area contributed by atoms with Gasteiger partial charge in [-0.2, -0.15) is 0 Å². The molecule has 0 spiro atoms. The Morgan fingerprint density at radius 2 is 2.19 bits per heavy atom. The molecule has 1 aliphatic heterocycles. The third kappa shape index (κ3) is 3.39. The van der Waals surface area contributed by atoms with Gasteiger partial charge < -0.3 is 25.2 Å². The predicted octanol–water partition coefficient (Wildman–Crippen LogP) is 0.788. The van der Waals surface area contributed by atoms with E-state index in [1.54, 1.807) is 17.2 Å². The molecule has 118 valence electrons. The molecule has 0 radical (unpaired) electrons. The van der Waals surface area contributed by atoms with Crippen molar-refractivity contribution < 1.29 is 9.90 Å². The van der Waals surface area contributed by atoms with E-state index >= 15 is 0 Å². The molecule has 1 aliphatic rings. The van der Waals surface area contributed by atoms with Crippen LogP contribution in [0.3, 0.4) is 0 Å². The normalized spacial score (nSPS) is 22.5. The summed E-state index contributed by atoms with van der Waals surface area (Å²) in [5.41, 5.74) is 7.04. The number of carbonyl (C=O) groups excluding carboxylic acids is 1. The number of hydrogen-bond acceptors (Lipinski definition) is 4. The molecular weight excluding hydrogens is 268 g/mol. The summed E-state index contributed by atoms with van der Waals surface area (Å²) in [7, 11) is 3.95. The molecule has 21 heavy (non-hydrogen) atoms. The lowest BCUT2D eigenvalue weighted by molar-refractivity contribution is 0.0686. The molecule has 6 nitrogen and oxygen atoms in total. The van der Waals surface area contributed by atoms with Crippen molar-refractivity contribution in [3.8, 4) is 0 Å². The first-order chi connectivity index (χ1) is 9.79. The molecule has 2 heterocycles. The topological polar surface area (TPSA) is 74.7 Å². The number of nitrogens with two attached hydrogens (primary N) is 1. The van der Waals surface area contributed by atoms with E-state index in [-0.39, 0.29) is 18.0 Å². The van der Waals surface area contributed by atoms with Crippen LogP contribution in [0.15, 0.2) is 12.3 Å². The Balaban J connectivity index is 2.26. The van der Waals surface area contributed by atoms with Crippen molar-refractivity contribution in [1.29, 1.82) is 0 Å². The lowest BCUT2D eigenvalue weighted by Gasteiger charge is -2.27. The summed E-state index contributed by atoms with van der Waals surface area (Å²) in [6, 6.07) is 1.93. The summed E-state index contributed by atoms with van der Waals surface area (Å²) in [5, 5.41) is 9.92. The van der Waals surface area contributed by atoms with Crippen molar-refractivity contribution in [2.24, 2.45) is 0 Å². The SMILES string of the molecule is CC(C)n1cc(N)cc1C(=O)N1CC(O)CC1CN(C)C. The number of aliphatic hydroxyl groups excluding tert-OH is 1. The molecule has 2 unspecified atom stereocenters. The molecule has 1 amide bonds. The van der Waals surface area contributed by atoms with E-state index in [0.29, 0.717) is 24.3 Å². The lowest BCUT2D eigenvalue weighted by Crippen LogP contribution is -2.42. The highest BCUT2D eigenvalue weighted by Gasteiger charge is 2.36. The first-order valence-corrected chi connectivity index (χ1v) is 7.40. The Morgan fingerprint density at radius 3 is 2.76 bits per heavy atom. The second kappa shape index (κ2) is 6.07. The quantitative estimate of drug-likeness (QED) is 0.861. The van der Waals surface area contributed by atoms with Gasteiger partial charge in [0.05, 0.1) is 11.8 Å². The largest absolute Gasteiger partial charge is 0.397 e. The molecule has 6 heteroatoms. The van der Waals surface area contributed by atoms with Crippen molar-refractivity contribution in [2.45, 2.75) is 38.5 Å². The number of β-amino-alcohol motifs (C(OH)–C–C–N with tert-alkyl or cyclic N) is 1. The second-order valence-electron chi connectivity index (χ2n) is 6.42. The van der Waals surface area contributed by atoms with Crippen LogP contribution in [0.4, 0.5) is 5.69 Å². The van der Waals surface area contributed by atoms with Gasteiger partial charge in [0, 0.05) is 31.4 Å². The number of rotatable bonds is 4. The minimum absolute atomic E-state index is 0.0410. The van der Waals surface area contributed by atoms with Crippen LogP contribution < -0.4 is 5.73 Å². The maximum Gasteiger partial charge on any atom is 0.270 e. The van der Waals surface area contributed by atoms with Crippen LogP contribution in [0, 0.1) is 0 Å². The fourth-order valence-electron chi connectivity index (χ4n) is 2.98. The summed E-state index contributed by atoms with van der Waals surface area (Å²) < 4.78 is 1.90. The maximum atomic E-state index is 12.8. The molecule has 3 N–H and O–H groups in total. The molecule has 2 rings (SSSR count). The number of anilines is 1. The van der Waals surface area contributed by atoms with E-state index in [4.69, 9.17) is 5.73 Å². The molecular formula is C15H26N4O2. The van der Waals surface area contributed by atoms with Gasteiger partial charge in [0.25, 0.3) is 5.91 Å². The molecule has 0 aromatic carbocycles. The van der Waals surface area contributed by atoms with Crippen LogP contribution in [-0.4, -0.2) is 64.7 Å². The second-order valence-corrected chi connectivity index (χ2v) is 6.42. The lowest BCUT2D eigenvalue weighted by atomic mass is 10.2. The fourth-order valence-corrected chi connectivity index (χ4v) is 2.98. The Labute approximate surface area is 126 Å². The van der Waals surface area contributed by atoms with Gasteiger partial charge >= 0.3 is 0 Å². The number of nitrogens with zero attached hydrogens (tertiary/aromatic N) is 3. The molecule has 1 aromatic heterocycles. The van der Waals surface area contributed by atoms with Crippen LogP contribution in [0.1, 0.15) is 36.8 Å². The number of hydrogen-bond donors (Lipinski definition) is 2. The van der Waals surface area contributed by atoms with Gasteiger partial charge in [0.1, 0.15) is 5.69 Å². The van der Waals surface area contributed by atoms with E-state index in [2.05, 4.69) is 0 Å². The first-order valence-electron chi connectivity index (χ1n) is 7.40. The monoisotopic (exact) mass is 294 g/mol. The number of likely N-dealkylation sites (tertiary alicyclic amines) is 1.